The van der Waals surface area contributed by atoms with Gasteiger partial charge in [0.25, 0.3) is 5.92 Å². The fourth-order valence-electron chi connectivity index (χ4n) is 4.25. The van der Waals surface area contributed by atoms with Crippen LogP contribution in [0.3, 0.4) is 0 Å². The number of hydrogen-bond donors (Lipinski definition) is 3. The number of fused-ring (bicyclic) bond motifs is 1. The largest absolute Gasteiger partial charge is 0.385 e. The van der Waals surface area contributed by atoms with Gasteiger partial charge in [0.05, 0.1) is 10.3 Å². The molecule has 0 fully saturated rings. The van der Waals surface area contributed by atoms with E-state index >= 15 is 0 Å². The highest BCUT2D eigenvalue weighted by atomic mass is 32.2. The number of hydrogen-bond acceptors (Lipinski definition) is 5. The van der Waals surface area contributed by atoms with Crippen LogP contribution >= 0.6 is 0 Å². The van der Waals surface area contributed by atoms with E-state index in [0.29, 0.717) is 67.6 Å². The van der Waals surface area contributed by atoms with Gasteiger partial charge in [0.15, 0.2) is 0 Å². The van der Waals surface area contributed by atoms with Crippen molar-refractivity contribution < 1.29 is 22.3 Å². The van der Waals surface area contributed by atoms with Gasteiger partial charge < -0.3 is 11.1 Å². The van der Waals surface area contributed by atoms with Crippen LogP contribution in [0.1, 0.15) is 51.7 Å². The molecular formula is C27H39F3N4O2S. The minimum absolute atomic E-state index is 0.344. The summed E-state index contributed by atoms with van der Waals surface area (Å²) in [6.45, 7) is 8.22. The van der Waals surface area contributed by atoms with Gasteiger partial charge in [-0.3, -0.25) is 0 Å². The minimum atomic E-state index is -3.06. The summed E-state index contributed by atoms with van der Waals surface area (Å²) in [5, 5.41) is 5.55. The first-order valence-corrected chi connectivity index (χ1v) is 14.1. The van der Waals surface area contributed by atoms with Gasteiger partial charge >= 0.3 is 0 Å². The molecular weight excluding hydrogens is 501 g/mol. The highest BCUT2D eigenvalue weighted by Gasteiger charge is 2.49. The van der Waals surface area contributed by atoms with Crippen LogP contribution in [0.25, 0.3) is 0 Å². The molecule has 0 bridgehead atoms. The van der Waals surface area contributed by atoms with E-state index in [1.807, 2.05) is 30.4 Å². The SMILES string of the molecule is CCN(F)CCN.CCNS(=O)(=C=O)C1=CC=C(Cc2ccc3c(c2)C(C)(C(C)(F)F)CCN3)CC=C1. The first-order valence-electron chi connectivity index (χ1n) is 12.5. The first-order chi connectivity index (χ1) is 17.4. The van der Waals surface area contributed by atoms with E-state index in [0.717, 1.165) is 23.7 Å². The van der Waals surface area contributed by atoms with Crippen molar-refractivity contribution in [3.8, 4) is 0 Å². The van der Waals surface area contributed by atoms with Gasteiger partial charge in [-0.1, -0.05) is 36.8 Å². The second-order valence-corrected chi connectivity index (χ2v) is 11.4. The summed E-state index contributed by atoms with van der Waals surface area (Å²) >= 11 is 0. The van der Waals surface area contributed by atoms with Crippen molar-refractivity contribution in [3.05, 3.63) is 64.1 Å². The first kappa shape index (κ1) is 30.9. The number of carbonyl (C=O) groups excluding carboxylic acids is 1. The molecule has 206 valence electrons. The Morgan fingerprint density at radius 2 is 2.03 bits per heavy atom. The number of benzene rings is 1. The molecule has 0 aromatic heterocycles. The van der Waals surface area contributed by atoms with Crippen LogP contribution in [-0.4, -0.2) is 53.2 Å². The highest BCUT2D eigenvalue weighted by molar-refractivity contribution is 8.02. The normalized spacial score (nSPS) is 20.8. The Labute approximate surface area is 218 Å². The zero-order chi connectivity index (χ0) is 27.7. The van der Waals surface area contributed by atoms with Crippen LogP contribution in [0.2, 0.25) is 0 Å². The Hall–Kier alpha value is -2.36. The molecule has 1 heterocycles. The van der Waals surface area contributed by atoms with Gasteiger partial charge in [-0.15, -0.1) is 9.60 Å². The lowest BCUT2D eigenvalue weighted by Gasteiger charge is -2.41. The van der Waals surface area contributed by atoms with E-state index in [-0.39, 0.29) is 0 Å². The maximum absolute atomic E-state index is 14.4. The molecule has 37 heavy (non-hydrogen) atoms. The van der Waals surface area contributed by atoms with Crippen molar-refractivity contribution in [2.45, 2.75) is 58.3 Å². The third kappa shape index (κ3) is 7.82. The number of alkyl halides is 2. The third-order valence-corrected chi connectivity index (χ3v) is 8.54. The molecule has 0 saturated heterocycles. The van der Waals surface area contributed by atoms with Gasteiger partial charge in [-0.25, -0.2) is 22.5 Å². The van der Waals surface area contributed by atoms with Crippen LogP contribution in [0.15, 0.2) is 53.0 Å². The van der Waals surface area contributed by atoms with Crippen LogP contribution in [0, 0.1) is 0 Å². The van der Waals surface area contributed by atoms with Gasteiger partial charge in [-0.05, 0) is 62.5 Å². The van der Waals surface area contributed by atoms with Crippen molar-refractivity contribution in [2.75, 3.05) is 38.0 Å². The predicted octanol–water partition coefficient (Wildman–Crippen LogP) is 4.76. The number of nitrogens with two attached hydrogens (primary N) is 1. The second kappa shape index (κ2) is 13.4. The number of allylic oxidation sites excluding steroid dienone is 5. The molecule has 0 spiro atoms. The summed E-state index contributed by atoms with van der Waals surface area (Å²) in [4.78, 5) is 11.6. The standard InChI is InChI=1S/C23H28F2N2O2S.C4H11FN2/c1-4-27-30(29,16-28)19-7-5-6-17(8-10-19)14-18-9-11-21-20(15-18)22(2,12-13-26-21)23(3,24)25;1-2-7(5)4-3-6/h5,7-11,15,26H,4,6,12-14H2,1-3H3,(H,27,29);2-4,6H2,1H3. The van der Waals surface area contributed by atoms with E-state index in [1.54, 1.807) is 38.2 Å². The van der Waals surface area contributed by atoms with Crippen molar-refractivity contribution in [3.63, 3.8) is 0 Å². The maximum Gasteiger partial charge on any atom is 0.254 e. The summed E-state index contributed by atoms with van der Waals surface area (Å²) < 4.78 is 56.2. The number of nitrogens with one attached hydrogen (secondary N) is 2. The molecule has 1 aliphatic carbocycles. The van der Waals surface area contributed by atoms with Crippen LogP contribution < -0.4 is 15.8 Å². The molecule has 1 aliphatic heterocycles. The Kier molecular flexibility index (Phi) is 11.2. The summed E-state index contributed by atoms with van der Waals surface area (Å²) in [6.07, 6.45) is 8.66. The molecule has 4 N–H and O–H groups in total. The Morgan fingerprint density at radius 1 is 1.30 bits per heavy atom. The Morgan fingerprint density at radius 3 is 2.59 bits per heavy atom. The molecule has 1 aromatic carbocycles. The van der Waals surface area contributed by atoms with Crippen molar-refractivity contribution in [2.24, 2.45) is 5.73 Å². The van der Waals surface area contributed by atoms with E-state index in [2.05, 4.69) is 10.0 Å². The number of likely N-dealkylation sites (N-methyl/N-ethyl adjacent to an activating group) is 1. The maximum atomic E-state index is 14.4. The number of anilines is 1. The zero-order valence-electron chi connectivity index (χ0n) is 22.1. The van der Waals surface area contributed by atoms with Crippen LogP contribution in [0.5, 0.6) is 0 Å². The average Bonchev–Trinajstić information content (AvgIpc) is 3.10. The lowest BCUT2D eigenvalue weighted by Crippen LogP contribution is -2.45. The van der Waals surface area contributed by atoms with Crippen molar-refractivity contribution in [1.82, 2.24) is 9.84 Å². The summed E-state index contributed by atoms with van der Waals surface area (Å²) in [5.74, 6) is -2.83. The highest BCUT2D eigenvalue weighted by Crippen LogP contribution is 2.47. The lowest BCUT2D eigenvalue weighted by molar-refractivity contribution is -0.0578. The smallest absolute Gasteiger partial charge is 0.254 e. The van der Waals surface area contributed by atoms with E-state index in [1.165, 1.54) is 0 Å². The average molecular weight is 541 g/mol. The van der Waals surface area contributed by atoms with Crippen LogP contribution in [-0.2, 0) is 26.3 Å². The van der Waals surface area contributed by atoms with E-state index < -0.39 is 21.0 Å². The molecule has 2 atom stereocenters. The van der Waals surface area contributed by atoms with Gasteiger partial charge in [0.1, 0.15) is 9.71 Å². The summed E-state index contributed by atoms with van der Waals surface area (Å²) in [5.41, 5.74) is 7.20. The molecule has 0 radical (unpaired) electrons. The third-order valence-electron chi connectivity index (χ3n) is 6.68. The molecule has 3 rings (SSSR count). The second-order valence-electron chi connectivity index (χ2n) is 9.38. The number of rotatable bonds is 9. The topological polar surface area (TPSA) is 87.5 Å². The monoisotopic (exact) mass is 540 g/mol. The quantitative estimate of drug-likeness (QED) is 0.311. The van der Waals surface area contributed by atoms with Crippen molar-refractivity contribution in [1.29, 1.82) is 0 Å². The van der Waals surface area contributed by atoms with Gasteiger partial charge in [-0.2, -0.15) is 0 Å². The van der Waals surface area contributed by atoms with Gasteiger partial charge in [0, 0.05) is 45.3 Å². The molecule has 2 aliphatic rings. The zero-order valence-corrected chi connectivity index (χ0v) is 22.9. The molecule has 0 amide bonds. The van der Waals surface area contributed by atoms with Gasteiger partial charge in [0.2, 0.25) is 5.23 Å². The fraction of sp³-hybridized carbons (Fsp3) is 0.519. The fourth-order valence-corrected chi connectivity index (χ4v) is 5.52. The van der Waals surface area contributed by atoms with E-state index in [4.69, 9.17) is 5.73 Å². The summed E-state index contributed by atoms with van der Waals surface area (Å²) in [6, 6.07) is 5.70. The Balaban J connectivity index is 0.000000604. The van der Waals surface area contributed by atoms with Crippen molar-refractivity contribution >= 4 is 20.6 Å². The number of nitrogens with zero attached hydrogens (tertiary/aromatic N) is 1. The van der Waals surface area contributed by atoms with E-state index in [9.17, 15) is 22.3 Å². The number of halogens is 3. The Bertz CT molecular complexity index is 1160. The minimum Gasteiger partial charge on any atom is -0.385 e. The molecule has 1 aromatic rings. The predicted molar refractivity (Wildman–Crippen MR) is 146 cm³/mol. The summed E-state index contributed by atoms with van der Waals surface area (Å²) in [7, 11) is -3.06. The van der Waals surface area contributed by atoms with Crippen LogP contribution in [0.4, 0.5) is 18.9 Å². The lowest BCUT2D eigenvalue weighted by atomic mass is 9.71. The molecule has 6 nitrogen and oxygen atoms in total. The molecule has 2 unspecified atom stereocenters. The molecule has 0 saturated carbocycles. The molecule has 10 heteroatoms.